The van der Waals surface area contributed by atoms with E-state index in [4.69, 9.17) is 18.9 Å². The molecule has 2 heterocycles. The van der Waals surface area contributed by atoms with Crippen LogP contribution in [0.1, 0.15) is 41.0 Å². The fraction of sp³-hybridized carbons (Fsp3) is 0.545. The Bertz CT molecular complexity index is 882. The molecule has 0 spiro atoms. The molecule has 0 aromatic heterocycles. The van der Waals surface area contributed by atoms with Crippen molar-refractivity contribution in [2.24, 2.45) is 5.92 Å². The lowest BCUT2D eigenvalue weighted by Crippen LogP contribution is -2.44. The molecular formula is C22H26O8. The van der Waals surface area contributed by atoms with Crippen LogP contribution >= 0.6 is 0 Å². The first-order valence-electron chi connectivity index (χ1n) is 9.79. The Hall–Kier alpha value is -2.74. The molecule has 6 atom stereocenters. The number of epoxide rings is 1. The van der Waals surface area contributed by atoms with E-state index in [1.165, 1.54) is 13.0 Å². The number of hydrogen-bond acceptors (Lipinski definition) is 8. The molecule has 8 nitrogen and oxygen atoms in total. The van der Waals surface area contributed by atoms with Crippen LogP contribution in [0.25, 0.3) is 0 Å². The van der Waals surface area contributed by atoms with Crippen molar-refractivity contribution in [3.05, 3.63) is 35.5 Å². The lowest BCUT2D eigenvalue weighted by atomic mass is 9.80. The van der Waals surface area contributed by atoms with Crippen LogP contribution in [0.2, 0.25) is 0 Å². The lowest BCUT2D eigenvalue weighted by Gasteiger charge is -2.33. The molecule has 162 valence electrons. The van der Waals surface area contributed by atoms with Crippen LogP contribution < -0.4 is 0 Å². The zero-order valence-electron chi connectivity index (χ0n) is 17.7. The summed E-state index contributed by atoms with van der Waals surface area (Å²) in [7, 11) is 0. The van der Waals surface area contributed by atoms with Crippen molar-refractivity contribution in [2.45, 2.75) is 71.1 Å². The van der Waals surface area contributed by atoms with Crippen molar-refractivity contribution in [2.75, 3.05) is 0 Å². The van der Waals surface area contributed by atoms with Crippen LogP contribution in [0.4, 0.5) is 0 Å². The van der Waals surface area contributed by atoms with Crippen LogP contribution in [-0.2, 0) is 38.1 Å². The second-order valence-corrected chi connectivity index (χ2v) is 8.17. The molecule has 30 heavy (non-hydrogen) atoms. The standard InChI is InChI=1S/C22H26O8/c1-7-10(2)20(25)28-15-9-22(6)19(30-22)14(24)8-11(3)17(27-13(5)23)18-16(15)12(4)21(26)29-18/h7-8,15-19H,4,9H2,1-3,5-6H3. The third kappa shape index (κ3) is 3.96. The first-order valence-corrected chi connectivity index (χ1v) is 9.79. The maximum absolute atomic E-state index is 12.6. The third-order valence-electron chi connectivity index (χ3n) is 5.83. The quantitative estimate of drug-likeness (QED) is 0.296. The second-order valence-electron chi connectivity index (χ2n) is 8.17. The van der Waals surface area contributed by atoms with E-state index in [0.717, 1.165) is 0 Å². The molecule has 0 aromatic carbocycles. The Balaban J connectivity index is 2.09. The zero-order chi connectivity index (χ0) is 22.4. The lowest BCUT2D eigenvalue weighted by molar-refractivity contribution is -0.162. The van der Waals surface area contributed by atoms with Gasteiger partial charge in [-0.1, -0.05) is 12.7 Å². The Morgan fingerprint density at radius 3 is 2.53 bits per heavy atom. The van der Waals surface area contributed by atoms with Gasteiger partial charge in [-0.2, -0.15) is 0 Å². The van der Waals surface area contributed by atoms with Crippen molar-refractivity contribution >= 4 is 23.7 Å². The summed E-state index contributed by atoms with van der Waals surface area (Å²) in [5.41, 5.74) is 0.0604. The molecule has 6 unspecified atom stereocenters. The molecular weight excluding hydrogens is 392 g/mol. The number of carbonyl (C=O) groups excluding carboxylic acids is 4. The number of ketones is 1. The third-order valence-corrected chi connectivity index (χ3v) is 5.83. The average molecular weight is 418 g/mol. The highest BCUT2D eigenvalue weighted by Crippen LogP contribution is 2.47. The van der Waals surface area contributed by atoms with Gasteiger partial charge in [0.15, 0.2) is 18.0 Å². The molecule has 0 N–H and O–H groups in total. The molecule has 0 amide bonds. The summed E-state index contributed by atoms with van der Waals surface area (Å²) in [6.45, 7) is 11.7. The number of allylic oxidation sites excluding steroid dienone is 1. The maximum Gasteiger partial charge on any atom is 0.334 e. The molecule has 2 fully saturated rings. The summed E-state index contributed by atoms with van der Waals surface area (Å²) >= 11 is 0. The minimum Gasteiger partial charge on any atom is -0.458 e. The fourth-order valence-corrected chi connectivity index (χ4v) is 4.01. The Kier molecular flexibility index (Phi) is 5.73. The van der Waals surface area contributed by atoms with Crippen LogP contribution in [0, 0.1) is 5.92 Å². The summed E-state index contributed by atoms with van der Waals surface area (Å²) in [6, 6.07) is 0. The van der Waals surface area contributed by atoms with E-state index in [9.17, 15) is 19.2 Å². The highest BCUT2D eigenvalue weighted by molar-refractivity contribution is 5.97. The van der Waals surface area contributed by atoms with E-state index in [1.54, 1.807) is 33.8 Å². The molecule has 3 rings (SSSR count). The monoisotopic (exact) mass is 418 g/mol. The maximum atomic E-state index is 12.6. The minimum absolute atomic E-state index is 0.119. The van der Waals surface area contributed by atoms with Gasteiger partial charge in [-0.25, -0.2) is 9.59 Å². The summed E-state index contributed by atoms with van der Waals surface area (Å²) < 4.78 is 22.3. The summed E-state index contributed by atoms with van der Waals surface area (Å²) in [4.78, 5) is 49.3. The zero-order valence-corrected chi connectivity index (χ0v) is 17.7. The largest absolute Gasteiger partial charge is 0.458 e. The molecule has 0 aromatic rings. The Morgan fingerprint density at radius 1 is 1.27 bits per heavy atom. The molecule has 8 heteroatoms. The fourth-order valence-electron chi connectivity index (χ4n) is 4.01. The van der Waals surface area contributed by atoms with E-state index in [2.05, 4.69) is 6.58 Å². The van der Waals surface area contributed by atoms with Gasteiger partial charge >= 0.3 is 17.9 Å². The van der Waals surface area contributed by atoms with Gasteiger partial charge in [0.2, 0.25) is 0 Å². The minimum atomic E-state index is -1.02. The predicted molar refractivity (Wildman–Crippen MR) is 104 cm³/mol. The van der Waals surface area contributed by atoms with Crippen LogP contribution in [0.5, 0.6) is 0 Å². The van der Waals surface area contributed by atoms with Crippen molar-refractivity contribution in [3.63, 3.8) is 0 Å². The molecule has 1 aliphatic carbocycles. The van der Waals surface area contributed by atoms with Gasteiger partial charge in [0, 0.05) is 24.5 Å². The second kappa shape index (κ2) is 7.83. The molecule has 3 aliphatic rings. The molecule has 0 bridgehead atoms. The number of fused-ring (bicyclic) bond motifs is 2. The SMILES string of the molecule is C=C1C(=O)OC2C(OC(C)=O)C(C)=CC(=O)C3OC3(C)CC(OC(=O)C(C)=CC)C12. The Morgan fingerprint density at radius 2 is 1.93 bits per heavy atom. The van der Waals surface area contributed by atoms with Gasteiger partial charge in [-0.3, -0.25) is 9.59 Å². The number of rotatable bonds is 3. The van der Waals surface area contributed by atoms with E-state index < -0.39 is 53.8 Å². The van der Waals surface area contributed by atoms with Gasteiger partial charge < -0.3 is 18.9 Å². The van der Waals surface area contributed by atoms with Crippen LogP contribution in [0.3, 0.4) is 0 Å². The summed E-state index contributed by atoms with van der Waals surface area (Å²) in [5, 5.41) is 0. The van der Waals surface area contributed by atoms with Crippen molar-refractivity contribution < 1.29 is 38.1 Å². The van der Waals surface area contributed by atoms with Gasteiger partial charge in [0.25, 0.3) is 0 Å². The molecule has 0 saturated carbocycles. The van der Waals surface area contributed by atoms with Crippen molar-refractivity contribution in [3.8, 4) is 0 Å². The van der Waals surface area contributed by atoms with Gasteiger partial charge in [-0.15, -0.1) is 0 Å². The summed E-state index contributed by atoms with van der Waals surface area (Å²) in [6.07, 6.45) is -0.469. The number of esters is 3. The van der Waals surface area contributed by atoms with Crippen LogP contribution in [-0.4, -0.2) is 53.7 Å². The van der Waals surface area contributed by atoms with Gasteiger partial charge in [0.05, 0.1) is 5.92 Å². The number of ether oxygens (including phenoxy) is 4. The number of carbonyl (C=O) groups is 4. The highest BCUT2D eigenvalue weighted by atomic mass is 16.6. The molecule has 0 radical (unpaired) electrons. The topological polar surface area (TPSA) is 108 Å². The number of hydrogen-bond donors (Lipinski definition) is 0. The van der Waals surface area contributed by atoms with Gasteiger partial charge in [-0.05, 0) is 39.3 Å². The van der Waals surface area contributed by atoms with Gasteiger partial charge in [0.1, 0.15) is 17.8 Å². The molecule has 2 aliphatic heterocycles. The van der Waals surface area contributed by atoms with Crippen molar-refractivity contribution in [1.82, 2.24) is 0 Å². The highest BCUT2D eigenvalue weighted by Gasteiger charge is 2.61. The normalized spacial score (nSPS) is 36.2. The first-order chi connectivity index (χ1) is 14.0. The average Bonchev–Trinajstić information content (AvgIpc) is 3.25. The van der Waals surface area contributed by atoms with E-state index in [-0.39, 0.29) is 17.8 Å². The van der Waals surface area contributed by atoms with Crippen LogP contribution in [0.15, 0.2) is 35.5 Å². The Labute approximate surface area is 174 Å². The first kappa shape index (κ1) is 22.0. The smallest absolute Gasteiger partial charge is 0.334 e. The summed E-state index contributed by atoms with van der Waals surface area (Å²) in [5.74, 6) is -2.89. The predicted octanol–water partition coefficient (Wildman–Crippen LogP) is 1.97. The van der Waals surface area contributed by atoms with E-state index in [0.29, 0.717) is 11.1 Å². The van der Waals surface area contributed by atoms with E-state index in [1.807, 2.05) is 0 Å². The van der Waals surface area contributed by atoms with E-state index >= 15 is 0 Å². The van der Waals surface area contributed by atoms with Crippen molar-refractivity contribution in [1.29, 1.82) is 0 Å². The molecule has 2 saturated heterocycles.